The van der Waals surface area contributed by atoms with Gasteiger partial charge < -0.3 is 24.7 Å². The Morgan fingerprint density at radius 3 is 2.18 bits per heavy atom. The summed E-state index contributed by atoms with van der Waals surface area (Å²) in [5, 5.41) is -0.0173. The third kappa shape index (κ3) is 8.29. The molecule has 2 N–H and O–H groups in total. The van der Waals surface area contributed by atoms with Crippen molar-refractivity contribution < 1.29 is 28.5 Å². The van der Waals surface area contributed by atoms with Gasteiger partial charge in [-0.1, -0.05) is 32.5 Å². The van der Waals surface area contributed by atoms with E-state index in [1.807, 2.05) is 20.8 Å². The minimum absolute atomic E-state index is 0.0173. The standard InChI is InChI=1S/C18H27NO6S.C2H6/c1-6-7-26-16(20)18(2,3)11-25-17(21)24-10-12-8-14(22-4)15(23-5)9-13(12)19;1-2/h8-9H,6-7,10-11,19H2,1-5H3;1-2H3. The van der Waals surface area contributed by atoms with Crippen molar-refractivity contribution >= 4 is 28.7 Å². The molecule has 0 bridgehead atoms. The maximum atomic E-state index is 12.1. The highest BCUT2D eigenvalue weighted by Gasteiger charge is 2.29. The molecule has 0 aliphatic rings. The van der Waals surface area contributed by atoms with Crippen molar-refractivity contribution in [3.05, 3.63) is 17.7 Å². The summed E-state index contributed by atoms with van der Waals surface area (Å²) in [7, 11) is 3.01. The van der Waals surface area contributed by atoms with Crippen LogP contribution in [0.2, 0.25) is 0 Å². The van der Waals surface area contributed by atoms with Crippen LogP contribution in [-0.2, 0) is 20.9 Å². The molecule has 0 aromatic heterocycles. The number of nitrogens with two attached hydrogens (primary N) is 1. The average Bonchev–Trinajstić information content (AvgIpc) is 2.70. The molecule has 0 saturated carbocycles. The maximum Gasteiger partial charge on any atom is 0.508 e. The number of benzene rings is 1. The first-order valence-corrected chi connectivity index (χ1v) is 10.2. The van der Waals surface area contributed by atoms with Crippen LogP contribution in [0.5, 0.6) is 11.5 Å². The highest BCUT2D eigenvalue weighted by atomic mass is 32.2. The van der Waals surface area contributed by atoms with E-state index >= 15 is 0 Å². The van der Waals surface area contributed by atoms with E-state index < -0.39 is 11.6 Å². The molecule has 0 radical (unpaired) electrons. The Kier molecular flexibility index (Phi) is 12.2. The molecule has 0 spiro atoms. The first-order valence-electron chi connectivity index (χ1n) is 9.22. The summed E-state index contributed by atoms with van der Waals surface area (Å²) >= 11 is 1.24. The molecule has 0 atom stereocenters. The molecular weight excluding hydrogens is 382 g/mol. The molecule has 7 nitrogen and oxygen atoms in total. The molecule has 160 valence electrons. The van der Waals surface area contributed by atoms with Gasteiger partial charge in [-0.2, -0.15) is 0 Å². The van der Waals surface area contributed by atoms with Gasteiger partial charge in [-0.3, -0.25) is 4.79 Å². The molecule has 0 amide bonds. The Morgan fingerprint density at radius 1 is 1.07 bits per heavy atom. The van der Waals surface area contributed by atoms with Gasteiger partial charge in [0.1, 0.15) is 13.2 Å². The smallest absolute Gasteiger partial charge is 0.493 e. The fraction of sp³-hybridized carbons (Fsp3) is 0.600. The van der Waals surface area contributed by atoms with Gasteiger partial charge in [0.05, 0.1) is 19.6 Å². The average molecular weight is 416 g/mol. The first-order chi connectivity index (χ1) is 13.2. The first kappa shape index (κ1) is 25.9. The largest absolute Gasteiger partial charge is 0.508 e. The molecule has 1 rings (SSSR count). The number of rotatable bonds is 9. The second-order valence-corrected chi connectivity index (χ2v) is 7.32. The molecular formula is C20H33NO6S. The van der Waals surface area contributed by atoms with Gasteiger partial charge in [-0.15, -0.1) is 0 Å². The number of carbonyl (C=O) groups is 2. The van der Waals surface area contributed by atoms with Crippen LogP contribution in [0.25, 0.3) is 0 Å². The zero-order chi connectivity index (χ0) is 21.7. The zero-order valence-electron chi connectivity index (χ0n) is 17.9. The van der Waals surface area contributed by atoms with E-state index in [9.17, 15) is 9.59 Å². The topological polar surface area (TPSA) is 97.1 Å². The fourth-order valence-corrected chi connectivity index (χ4v) is 2.77. The molecule has 0 unspecified atom stereocenters. The molecule has 0 heterocycles. The van der Waals surface area contributed by atoms with Crippen molar-refractivity contribution in [3.8, 4) is 11.5 Å². The van der Waals surface area contributed by atoms with E-state index in [0.29, 0.717) is 22.7 Å². The van der Waals surface area contributed by atoms with Gasteiger partial charge in [0, 0.05) is 23.1 Å². The lowest BCUT2D eigenvalue weighted by Gasteiger charge is -2.21. The Hall–Kier alpha value is -2.09. The van der Waals surface area contributed by atoms with Crippen LogP contribution >= 0.6 is 11.8 Å². The summed E-state index contributed by atoms with van der Waals surface area (Å²) in [5.41, 5.74) is 6.11. The van der Waals surface area contributed by atoms with Crippen molar-refractivity contribution in [1.82, 2.24) is 0 Å². The Bertz CT molecular complexity index is 633. The zero-order valence-corrected chi connectivity index (χ0v) is 18.7. The lowest BCUT2D eigenvalue weighted by Crippen LogP contribution is -2.29. The fourth-order valence-electron chi connectivity index (χ4n) is 1.93. The second-order valence-electron chi connectivity index (χ2n) is 6.25. The number of hydrogen-bond donors (Lipinski definition) is 1. The van der Waals surface area contributed by atoms with Crippen LogP contribution in [0, 0.1) is 5.41 Å². The SMILES string of the molecule is CC.CCCSC(=O)C(C)(C)COC(=O)OCc1cc(OC)c(OC)cc1N. The predicted octanol–water partition coefficient (Wildman–Crippen LogP) is 4.66. The molecule has 1 aromatic carbocycles. The minimum atomic E-state index is -0.861. The Balaban J connectivity index is 0.00000352. The molecule has 0 saturated heterocycles. The highest BCUT2D eigenvalue weighted by Crippen LogP contribution is 2.32. The van der Waals surface area contributed by atoms with Gasteiger partial charge in [0.2, 0.25) is 0 Å². The number of hydrogen-bond acceptors (Lipinski definition) is 8. The second kappa shape index (κ2) is 13.1. The van der Waals surface area contributed by atoms with E-state index in [-0.39, 0.29) is 18.3 Å². The monoisotopic (exact) mass is 415 g/mol. The molecule has 8 heteroatoms. The Morgan fingerprint density at radius 2 is 1.64 bits per heavy atom. The summed E-state index contributed by atoms with van der Waals surface area (Å²) in [5.74, 6) is 1.71. The van der Waals surface area contributed by atoms with Gasteiger partial charge in [-0.05, 0) is 26.3 Å². The minimum Gasteiger partial charge on any atom is -0.493 e. The highest BCUT2D eigenvalue weighted by molar-refractivity contribution is 8.13. The lowest BCUT2D eigenvalue weighted by atomic mass is 9.97. The number of thioether (sulfide) groups is 1. The van der Waals surface area contributed by atoms with Crippen LogP contribution in [0.1, 0.15) is 46.6 Å². The van der Waals surface area contributed by atoms with Crippen molar-refractivity contribution in [2.24, 2.45) is 5.41 Å². The Labute approximate surface area is 172 Å². The van der Waals surface area contributed by atoms with Crippen molar-refractivity contribution in [1.29, 1.82) is 0 Å². The lowest BCUT2D eigenvalue weighted by molar-refractivity contribution is -0.120. The van der Waals surface area contributed by atoms with Gasteiger partial charge in [-0.25, -0.2) is 4.79 Å². The molecule has 1 aromatic rings. The number of nitrogen functional groups attached to an aromatic ring is 1. The number of anilines is 1. The van der Waals surface area contributed by atoms with Crippen molar-refractivity contribution in [2.75, 3.05) is 32.3 Å². The summed E-state index contributed by atoms with van der Waals surface area (Å²) in [6.07, 6.45) is 0.0443. The van der Waals surface area contributed by atoms with Gasteiger partial charge in [0.15, 0.2) is 16.6 Å². The quantitative estimate of drug-likeness (QED) is 0.459. The van der Waals surface area contributed by atoms with Crippen LogP contribution in [0.4, 0.5) is 10.5 Å². The summed E-state index contributed by atoms with van der Waals surface area (Å²) in [6.45, 7) is 9.34. The van der Waals surface area contributed by atoms with Crippen LogP contribution < -0.4 is 15.2 Å². The van der Waals surface area contributed by atoms with E-state index in [1.165, 1.54) is 26.0 Å². The normalized spacial score (nSPS) is 10.4. The number of methoxy groups -OCH3 is 2. The third-order valence-electron chi connectivity index (χ3n) is 3.53. The van der Waals surface area contributed by atoms with Crippen LogP contribution in [-0.4, -0.2) is 37.8 Å². The third-order valence-corrected chi connectivity index (χ3v) is 4.96. The molecule has 0 aliphatic carbocycles. The van der Waals surface area contributed by atoms with Crippen LogP contribution in [0.15, 0.2) is 12.1 Å². The molecule has 0 aliphatic heterocycles. The van der Waals surface area contributed by atoms with Crippen molar-refractivity contribution in [3.63, 3.8) is 0 Å². The predicted molar refractivity (Wildman–Crippen MR) is 113 cm³/mol. The summed E-state index contributed by atoms with van der Waals surface area (Å²) < 4.78 is 20.5. The van der Waals surface area contributed by atoms with Crippen molar-refractivity contribution in [2.45, 2.75) is 47.6 Å². The van der Waals surface area contributed by atoms with Gasteiger partial charge >= 0.3 is 6.16 Å². The molecule has 28 heavy (non-hydrogen) atoms. The van der Waals surface area contributed by atoms with E-state index in [0.717, 1.165) is 12.2 Å². The molecule has 0 fully saturated rings. The summed E-state index contributed by atoms with van der Waals surface area (Å²) in [4.78, 5) is 23.9. The van der Waals surface area contributed by atoms with E-state index in [4.69, 9.17) is 24.7 Å². The van der Waals surface area contributed by atoms with Crippen LogP contribution in [0.3, 0.4) is 0 Å². The maximum absolute atomic E-state index is 12.1. The van der Waals surface area contributed by atoms with E-state index in [2.05, 4.69) is 0 Å². The van der Waals surface area contributed by atoms with E-state index in [1.54, 1.807) is 26.0 Å². The number of carbonyl (C=O) groups excluding carboxylic acids is 2. The van der Waals surface area contributed by atoms with Gasteiger partial charge in [0.25, 0.3) is 0 Å². The number of ether oxygens (including phenoxy) is 4. The summed E-state index contributed by atoms with van der Waals surface area (Å²) in [6, 6.07) is 3.23.